The molecule has 1 N–H and O–H groups in total. The van der Waals surface area contributed by atoms with E-state index in [1.165, 1.54) is 6.92 Å². The van der Waals surface area contributed by atoms with Gasteiger partial charge in [0.15, 0.2) is 6.10 Å². The fourth-order valence-corrected chi connectivity index (χ4v) is 3.25. The molecule has 0 spiro atoms. The molecule has 7 heteroatoms. The number of hydrogen-bond donors (Lipinski definition) is 1. The van der Waals surface area contributed by atoms with E-state index in [1.54, 1.807) is 24.3 Å². The topological polar surface area (TPSA) is 96.3 Å². The predicted octanol–water partition coefficient (Wildman–Crippen LogP) is 2.35. The van der Waals surface area contributed by atoms with Crippen LogP contribution in [0.5, 0.6) is 0 Å². The highest BCUT2D eigenvalue weighted by Gasteiger charge is 2.14. The van der Waals surface area contributed by atoms with Gasteiger partial charge >= 0.3 is 5.97 Å². The van der Waals surface area contributed by atoms with Gasteiger partial charge in [-0.1, -0.05) is 30.3 Å². The lowest BCUT2D eigenvalue weighted by Gasteiger charge is -2.08. The maximum absolute atomic E-state index is 12.3. The van der Waals surface area contributed by atoms with Gasteiger partial charge in [0.25, 0.3) is 0 Å². The second-order valence-electron chi connectivity index (χ2n) is 5.27. The Morgan fingerprint density at radius 2 is 1.96 bits per heavy atom. The smallest absolute Gasteiger partial charge is 0.307 e. The van der Waals surface area contributed by atoms with E-state index in [4.69, 9.17) is 10.00 Å². The minimum absolute atomic E-state index is 0.0479. The molecule has 24 heavy (non-hydrogen) atoms. The van der Waals surface area contributed by atoms with Crippen molar-refractivity contribution in [3.8, 4) is 6.07 Å². The maximum atomic E-state index is 12.3. The lowest BCUT2D eigenvalue weighted by molar-refractivity contribution is -0.145. The van der Waals surface area contributed by atoms with Gasteiger partial charge < -0.3 is 4.74 Å². The van der Waals surface area contributed by atoms with E-state index >= 15 is 0 Å². The number of benzene rings is 2. The number of nitrogens with zero attached hydrogens (tertiary/aromatic N) is 1. The van der Waals surface area contributed by atoms with Crippen molar-refractivity contribution in [1.82, 2.24) is 4.72 Å². The Bertz CT molecular complexity index is 872. The zero-order valence-corrected chi connectivity index (χ0v) is 14.0. The number of fused-ring (bicyclic) bond motifs is 1. The molecule has 0 saturated heterocycles. The number of nitrogens with one attached hydrogen (secondary N) is 1. The normalized spacial score (nSPS) is 12.5. The second-order valence-corrected chi connectivity index (χ2v) is 7.04. The number of nitriles is 1. The molecule has 0 bridgehead atoms. The molecule has 0 heterocycles. The van der Waals surface area contributed by atoms with E-state index in [1.807, 2.05) is 24.3 Å². The van der Waals surface area contributed by atoms with Gasteiger partial charge in [-0.15, -0.1) is 0 Å². The number of sulfonamides is 1. The quantitative estimate of drug-likeness (QED) is 0.613. The third kappa shape index (κ3) is 4.78. The highest BCUT2D eigenvalue weighted by atomic mass is 32.2. The summed E-state index contributed by atoms with van der Waals surface area (Å²) in [7, 11) is -3.63. The van der Waals surface area contributed by atoms with Crippen molar-refractivity contribution in [2.75, 3.05) is 6.54 Å². The van der Waals surface area contributed by atoms with Gasteiger partial charge in [-0.25, -0.2) is 13.1 Å². The fraction of sp³-hybridized carbons (Fsp3) is 0.294. The SMILES string of the molecule is C[C@@H](C#N)OC(=O)CCCNS(=O)(=O)c1ccc2ccccc2c1. The van der Waals surface area contributed by atoms with Gasteiger partial charge in [0.1, 0.15) is 6.07 Å². The highest BCUT2D eigenvalue weighted by Crippen LogP contribution is 2.18. The van der Waals surface area contributed by atoms with Crippen molar-refractivity contribution in [2.24, 2.45) is 0 Å². The van der Waals surface area contributed by atoms with E-state index in [-0.39, 0.29) is 17.9 Å². The maximum Gasteiger partial charge on any atom is 0.307 e. The highest BCUT2D eigenvalue weighted by molar-refractivity contribution is 7.89. The minimum Gasteiger partial charge on any atom is -0.447 e. The number of ether oxygens (including phenoxy) is 1. The molecule has 0 aliphatic rings. The van der Waals surface area contributed by atoms with Gasteiger partial charge in [0.05, 0.1) is 4.90 Å². The second kappa shape index (κ2) is 7.90. The molecule has 2 rings (SSSR count). The molecule has 0 saturated carbocycles. The van der Waals surface area contributed by atoms with Crippen LogP contribution in [0.3, 0.4) is 0 Å². The monoisotopic (exact) mass is 346 g/mol. The Morgan fingerprint density at radius 3 is 2.67 bits per heavy atom. The first-order chi connectivity index (χ1) is 11.4. The van der Waals surface area contributed by atoms with Crippen LogP contribution in [0.1, 0.15) is 19.8 Å². The standard InChI is InChI=1S/C17H18N2O4S/c1-13(12-18)23-17(20)7-4-10-19-24(21,22)16-9-8-14-5-2-3-6-15(14)11-16/h2-3,5-6,8-9,11,13,19H,4,7,10H2,1H3/t13-/m0/s1. The third-order valence-electron chi connectivity index (χ3n) is 3.37. The third-order valence-corrected chi connectivity index (χ3v) is 4.83. The Kier molecular flexibility index (Phi) is 5.90. The summed E-state index contributed by atoms with van der Waals surface area (Å²) >= 11 is 0. The van der Waals surface area contributed by atoms with E-state index in [0.717, 1.165) is 10.8 Å². The van der Waals surface area contributed by atoms with E-state index in [2.05, 4.69) is 4.72 Å². The number of rotatable bonds is 7. The Morgan fingerprint density at radius 1 is 1.25 bits per heavy atom. The summed E-state index contributed by atoms with van der Waals surface area (Å²) in [6, 6.07) is 14.2. The minimum atomic E-state index is -3.63. The van der Waals surface area contributed by atoms with Crippen molar-refractivity contribution < 1.29 is 17.9 Å². The van der Waals surface area contributed by atoms with Crippen LogP contribution >= 0.6 is 0 Å². The fourth-order valence-electron chi connectivity index (χ4n) is 2.14. The molecular weight excluding hydrogens is 328 g/mol. The summed E-state index contributed by atoms with van der Waals surface area (Å²) in [5.74, 6) is -0.519. The van der Waals surface area contributed by atoms with Crippen LogP contribution < -0.4 is 4.72 Å². The Labute approximate surface area is 141 Å². The summed E-state index contributed by atoms with van der Waals surface area (Å²) in [4.78, 5) is 11.6. The molecule has 0 radical (unpaired) electrons. The largest absolute Gasteiger partial charge is 0.447 e. The number of carbonyl (C=O) groups excluding carboxylic acids is 1. The molecule has 126 valence electrons. The zero-order chi connectivity index (χ0) is 17.6. The molecule has 0 aliphatic heterocycles. The average molecular weight is 346 g/mol. The van der Waals surface area contributed by atoms with Crippen LogP contribution in [-0.4, -0.2) is 27.0 Å². The lowest BCUT2D eigenvalue weighted by atomic mass is 10.1. The van der Waals surface area contributed by atoms with Gasteiger partial charge in [-0.3, -0.25) is 4.79 Å². The Hall–Kier alpha value is -2.43. The van der Waals surface area contributed by atoms with Gasteiger partial charge in [-0.2, -0.15) is 5.26 Å². The van der Waals surface area contributed by atoms with E-state index in [0.29, 0.717) is 6.42 Å². The van der Waals surface area contributed by atoms with Crippen LogP contribution in [0.25, 0.3) is 10.8 Å². The lowest BCUT2D eigenvalue weighted by Crippen LogP contribution is -2.25. The van der Waals surface area contributed by atoms with Crippen LogP contribution in [0.15, 0.2) is 47.4 Å². The number of hydrogen-bond acceptors (Lipinski definition) is 5. The van der Waals surface area contributed by atoms with Crippen LogP contribution in [0, 0.1) is 11.3 Å². The molecule has 0 aliphatic carbocycles. The molecule has 0 amide bonds. The first kappa shape index (κ1) is 17.9. The molecule has 0 fully saturated rings. The predicted molar refractivity (Wildman–Crippen MR) is 89.5 cm³/mol. The first-order valence-corrected chi connectivity index (χ1v) is 8.98. The van der Waals surface area contributed by atoms with Crippen molar-refractivity contribution in [3.63, 3.8) is 0 Å². The molecule has 1 atom stereocenters. The van der Waals surface area contributed by atoms with E-state index < -0.39 is 22.1 Å². The van der Waals surface area contributed by atoms with Crippen LogP contribution in [-0.2, 0) is 19.6 Å². The summed E-state index contributed by atoms with van der Waals surface area (Å²) in [6.07, 6.45) is -0.456. The zero-order valence-electron chi connectivity index (χ0n) is 13.2. The number of esters is 1. The molecule has 6 nitrogen and oxygen atoms in total. The van der Waals surface area contributed by atoms with Crippen LogP contribution in [0.2, 0.25) is 0 Å². The number of carbonyl (C=O) groups is 1. The van der Waals surface area contributed by atoms with Crippen molar-refractivity contribution in [3.05, 3.63) is 42.5 Å². The van der Waals surface area contributed by atoms with Gasteiger partial charge in [0, 0.05) is 13.0 Å². The average Bonchev–Trinajstić information content (AvgIpc) is 2.58. The summed E-state index contributed by atoms with van der Waals surface area (Å²) in [5, 5.41) is 10.4. The van der Waals surface area contributed by atoms with E-state index in [9.17, 15) is 13.2 Å². The van der Waals surface area contributed by atoms with Crippen molar-refractivity contribution in [2.45, 2.75) is 30.8 Å². The van der Waals surface area contributed by atoms with Crippen LogP contribution in [0.4, 0.5) is 0 Å². The molecule has 0 unspecified atom stereocenters. The molecule has 2 aromatic rings. The Balaban J connectivity index is 1.91. The molecule has 2 aromatic carbocycles. The molecular formula is C17H18N2O4S. The summed E-state index contributed by atoms with van der Waals surface area (Å²) < 4.78 is 31.8. The van der Waals surface area contributed by atoms with Crippen molar-refractivity contribution in [1.29, 1.82) is 5.26 Å². The summed E-state index contributed by atoms with van der Waals surface area (Å²) in [5.41, 5.74) is 0. The molecule has 0 aromatic heterocycles. The van der Waals surface area contributed by atoms with Crippen molar-refractivity contribution >= 4 is 26.8 Å². The van der Waals surface area contributed by atoms with Gasteiger partial charge in [-0.05, 0) is 36.2 Å². The first-order valence-electron chi connectivity index (χ1n) is 7.50. The summed E-state index contributed by atoms with van der Waals surface area (Å²) in [6.45, 7) is 1.59. The van der Waals surface area contributed by atoms with Gasteiger partial charge in [0.2, 0.25) is 10.0 Å².